The molecule has 2 aromatic rings. The van der Waals surface area contributed by atoms with E-state index in [9.17, 15) is 0 Å². The fourth-order valence-corrected chi connectivity index (χ4v) is 3.05. The van der Waals surface area contributed by atoms with Crippen molar-refractivity contribution < 1.29 is 9.47 Å². The normalized spacial score (nSPS) is 12.3. The first-order valence-corrected chi connectivity index (χ1v) is 7.88. The summed E-state index contributed by atoms with van der Waals surface area (Å²) in [6, 6.07) is 5.98. The number of rotatable bonds is 7. The molecule has 0 saturated heterocycles. The van der Waals surface area contributed by atoms with Crippen molar-refractivity contribution in [1.82, 2.24) is 10.3 Å². The summed E-state index contributed by atoms with van der Waals surface area (Å²) in [6.45, 7) is 1.40. The number of hydrogen-bond donors (Lipinski definition) is 1. The van der Waals surface area contributed by atoms with Gasteiger partial charge >= 0.3 is 0 Å². The average molecular weight is 357 g/mol. The maximum atomic E-state index is 5.47. The van der Waals surface area contributed by atoms with Crippen molar-refractivity contribution in [3.8, 4) is 5.75 Å². The molecule has 6 heteroatoms. The van der Waals surface area contributed by atoms with E-state index in [0.29, 0.717) is 6.61 Å². The Hall–Kier alpha value is -0.950. The molecule has 1 N–H and O–H groups in total. The van der Waals surface area contributed by atoms with Crippen molar-refractivity contribution >= 4 is 27.3 Å². The van der Waals surface area contributed by atoms with Gasteiger partial charge in [-0.3, -0.25) is 0 Å². The second-order valence-electron chi connectivity index (χ2n) is 4.14. The van der Waals surface area contributed by atoms with Crippen LogP contribution >= 0.6 is 27.3 Å². The van der Waals surface area contributed by atoms with Crippen LogP contribution in [0.1, 0.15) is 16.6 Å². The maximum absolute atomic E-state index is 5.47. The summed E-state index contributed by atoms with van der Waals surface area (Å²) in [4.78, 5) is 4.42. The third kappa shape index (κ3) is 3.79. The lowest BCUT2D eigenvalue weighted by molar-refractivity contribution is 0.197. The third-order valence-electron chi connectivity index (χ3n) is 2.86. The quantitative estimate of drug-likeness (QED) is 0.773. The Balaban J connectivity index is 2.32. The van der Waals surface area contributed by atoms with Crippen LogP contribution in [0.4, 0.5) is 0 Å². The third-order valence-corrected chi connectivity index (χ3v) is 4.19. The molecule has 1 atom stereocenters. The lowest BCUT2D eigenvalue weighted by Gasteiger charge is -2.19. The number of thiazole rings is 1. The predicted molar refractivity (Wildman–Crippen MR) is 84.5 cm³/mol. The molecular formula is C14H17BrN2O2S. The first kappa shape index (κ1) is 15.4. The zero-order valence-corrected chi connectivity index (χ0v) is 13.8. The number of halogens is 1. The lowest BCUT2D eigenvalue weighted by atomic mass is 10.1. The van der Waals surface area contributed by atoms with Crippen LogP contribution in [-0.2, 0) is 4.74 Å². The molecule has 0 aliphatic heterocycles. The van der Waals surface area contributed by atoms with Gasteiger partial charge in [-0.05, 0) is 18.2 Å². The number of benzene rings is 1. The molecule has 0 spiro atoms. The zero-order chi connectivity index (χ0) is 14.4. The minimum absolute atomic E-state index is 0.00222. The van der Waals surface area contributed by atoms with Gasteiger partial charge < -0.3 is 14.8 Å². The number of nitrogens with zero attached hydrogens (tertiary/aromatic N) is 1. The highest BCUT2D eigenvalue weighted by Gasteiger charge is 2.20. The molecule has 2 rings (SSSR count). The van der Waals surface area contributed by atoms with Gasteiger partial charge in [-0.25, -0.2) is 4.98 Å². The fraction of sp³-hybridized carbons (Fsp3) is 0.357. The standard InChI is InChI=1S/C14H17BrN2O2S/c1-18-7-5-16-13(14-17-6-8-20-14)11-9-10(15)3-4-12(11)19-2/h3-4,6,8-9,13,16H,5,7H2,1-2H3. The van der Waals surface area contributed by atoms with Crippen LogP contribution in [0.5, 0.6) is 5.75 Å². The van der Waals surface area contributed by atoms with Gasteiger partial charge in [0.15, 0.2) is 0 Å². The minimum atomic E-state index is -0.00222. The molecule has 0 fully saturated rings. The Morgan fingerprint density at radius 1 is 1.40 bits per heavy atom. The monoisotopic (exact) mass is 356 g/mol. The Morgan fingerprint density at radius 3 is 2.90 bits per heavy atom. The summed E-state index contributed by atoms with van der Waals surface area (Å²) in [5.74, 6) is 0.846. The number of ether oxygens (including phenoxy) is 2. The van der Waals surface area contributed by atoms with Gasteiger partial charge in [0.25, 0.3) is 0 Å². The Kier molecular flexibility index (Phi) is 5.97. The van der Waals surface area contributed by atoms with Gasteiger partial charge in [-0.1, -0.05) is 15.9 Å². The van der Waals surface area contributed by atoms with Crippen LogP contribution in [0, 0.1) is 0 Å². The fourth-order valence-electron chi connectivity index (χ4n) is 1.94. The van der Waals surface area contributed by atoms with Crippen molar-refractivity contribution in [3.63, 3.8) is 0 Å². The van der Waals surface area contributed by atoms with Gasteiger partial charge in [0.05, 0.1) is 19.8 Å². The molecule has 1 heterocycles. The molecule has 0 aliphatic rings. The van der Waals surface area contributed by atoms with Crippen LogP contribution < -0.4 is 10.1 Å². The van der Waals surface area contributed by atoms with Crippen molar-refractivity contribution in [2.24, 2.45) is 0 Å². The lowest BCUT2D eigenvalue weighted by Crippen LogP contribution is -2.26. The predicted octanol–water partition coefficient (Wildman–Crippen LogP) is 3.24. The maximum Gasteiger partial charge on any atom is 0.124 e. The van der Waals surface area contributed by atoms with Crippen molar-refractivity contribution in [3.05, 3.63) is 44.8 Å². The van der Waals surface area contributed by atoms with E-state index >= 15 is 0 Å². The molecule has 20 heavy (non-hydrogen) atoms. The van der Waals surface area contributed by atoms with E-state index in [-0.39, 0.29) is 6.04 Å². The summed E-state index contributed by atoms with van der Waals surface area (Å²) in [6.07, 6.45) is 1.81. The van der Waals surface area contributed by atoms with E-state index in [0.717, 1.165) is 27.3 Å². The van der Waals surface area contributed by atoms with Crippen molar-refractivity contribution in [2.45, 2.75) is 6.04 Å². The van der Waals surface area contributed by atoms with E-state index in [2.05, 4.69) is 32.3 Å². The van der Waals surface area contributed by atoms with Crippen molar-refractivity contribution in [1.29, 1.82) is 0 Å². The summed E-state index contributed by atoms with van der Waals surface area (Å²) in [5, 5.41) is 6.45. The Morgan fingerprint density at radius 2 is 2.25 bits per heavy atom. The second-order valence-corrected chi connectivity index (χ2v) is 5.98. The van der Waals surface area contributed by atoms with Gasteiger partial charge in [0.2, 0.25) is 0 Å². The van der Waals surface area contributed by atoms with Crippen molar-refractivity contribution in [2.75, 3.05) is 27.4 Å². The van der Waals surface area contributed by atoms with Crippen LogP contribution in [0.15, 0.2) is 34.2 Å². The first-order chi connectivity index (χ1) is 9.76. The zero-order valence-electron chi connectivity index (χ0n) is 11.4. The first-order valence-electron chi connectivity index (χ1n) is 6.21. The Labute approximate surface area is 131 Å². The molecule has 0 saturated carbocycles. The van der Waals surface area contributed by atoms with E-state index < -0.39 is 0 Å². The highest BCUT2D eigenvalue weighted by molar-refractivity contribution is 9.10. The number of hydrogen-bond acceptors (Lipinski definition) is 5. The van der Waals surface area contributed by atoms with Crippen LogP contribution in [0.3, 0.4) is 0 Å². The van der Waals surface area contributed by atoms with Gasteiger partial charge in [0.1, 0.15) is 10.8 Å². The molecule has 0 radical (unpaired) electrons. The molecule has 4 nitrogen and oxygen atoms in total. The number of methoxy groups -OCH3 is 2. The average Bonchev–Trinajstić information content (AvgIpc) is 2.97. The highest BCUT2D eigenvalue weighted by atomic mass is 79.9. The molecular weight excluding hydrogens is 340 g/mol. The summed E-state index contributed by atoms with van der Waals surface area (Å²) in [5.41, 5.74) is 1.06. The van der Waals surface area contributed by atoms with Gasteiger partial charge in [0, 0.05) is 35.3 Å². The number of nitrogens with one attached hydrogen (secondary N) is 1. The molecule has 1 unspecified atom stereocenters. The van der Waals surface area contributed by atoms with E-state index in [1.54, 1.807) is 25.6 Å². The van der Waals surface area contributed by atoms with Gasteiger partial charge in [-0.15, -0.1) is 11.3 Å². The smallest absolute Gasteiger partial charge is 0.124 e. The van der Waals surface area contributed by atoms with Gasteiger partial charge in [-0.2, -0.15) is 0 Å². The van der Waals surface area contributed by atoms with E-state index in [1.807, 2.05) is 23.7 Å². The Bertz CT molecular complexity index is 534. The number of aromatic nitrogens is 1. The van der Waals surface area contributed by atoms with Crippen LogP contribution in [-0.4, -0.2) is 32.4 Å². The largest absolute Gasteiger partial charge is 0.496 e. The summed E-state index contributed by atoms with van der Waals surface area (Å²) in [7, 11) is 3.38. The second kappa shape index (κ2) is 7.73. The summed E-state index contributed by atoms with van der Waals surface area (Å²) >= 11 is 5.14. The minimum Gasteiger partial charge on any atom is -0.496 e. The summed E-state index contributed by atoms with van der Waals surface area (Å²) < 4.78 is 11.6. The topological polar surface area (TPSA) is 43.4 Å². The van der Waals surface area contributed by atoms with Crippen LogP contribution in [0.25, 0.3) is 0 Å². The van der Waals surface area contributed by atoms with Crippen LogP contribution in [0.2, 0.25) is 0 Å². The molecule has 0 amide bonds. The molecule has 1 aromatic carbocycles. The highest BCUT2D eigenvalue weighted by Crippen LogP contribution is 2.33. The molecule has 108 valence electrons. The molecule has 0 aliphatic carbocycles. The SMILES string of the molecule is COCCNC(c1nccs1)c1cc(Br)ccc1OC. The van der Waals surface area contributed by atoms with E-state index in [4.69, 9.17) is 9.47 Å². The molecule has 1 aromatic heterocycles. The van der Waals surface area contributed by atoms with E-state index in [1.165, 1.54) is 0 Å². The molecule has 0 bridgehead atoms.